The van der Waals surface area contributed by atoms with Crippen LogP contribution < -0.4 is 9.62 Å². The van der Waals surface area contributed by atoms with E-state index in [0.717, 1.165) is 33.8 Å². The van der Waals surface area contributed by atoms with E-state index in [-0.39, 0.29) is 35.6 Å². The minimum absolute atomic E-state index is 0.0422. The van der Waals surface area contributed by atoms with E-state index in [4.69, 9.17) is 11.6 Å². The van der Waals surface area contributed by atoms with Gasteiger partial charge in [0.1, 0.15) is 18.4 Å². The molecule has 3 rings (SSSR count). The van der Waals surface area contributed by atoms with Crippen molar-refractivity contribution in [1.82, 2.24) is 10.2 Å². The van der Waals surface area contributed by atoms with Crippen LogP contribution in [0.4, 0.5) is 10.1 Å². The molecule has 0 saturated carbocycles. The van der Waals surface area contributed by atoms with Crippen LogP contribution in [0.1, 0.15) is 31.4 Å². The lowest BCUT2D eigenvalue weighted by Crippen LogP contribution is -2.54. The molecule has 1 N–H and O–H groups in total. The molecule has 2 amide bonds. The van der Waals surface area contributed by atoms with Gasteiger partial charge in [0.05, 0.1) is 17.0 Å². The Morgan fingerprint density at radius 2 is 1.56 bits per heavy atom. The van der Waals surface area contributed by atoms with Crippen molar-refractivity contribution in [2.24, 2.45) is 0 Å². The Morgan fingerprint density at radius 1 is 0.974 bits per heavy atom. The molecule has 208 valence electrons. The summed E-state index contributed by atoms with van der Waals surface area (Å²) in [6.45, 7) is 3.30. The predicted octanol–water partition coefficient (Wildman–Crippen LogP) is 4.80. The van der Waals surface area contributed by atoms with Gasteiger partial charge in [-0.3, -0.25) is 13.9 Å². The number of nitrogens with zero attached hydrogens (tertiary/aromatic N) is 2. The first kappa shape index (κ1) is 30.1. The molecule has 39 heavy (non-hydrogen) atoms. The molecule has 0 aliphatic rings. The summed E-state index contributed by atoms with van der Waals surface area (Å²) in [7, 11) is -3.97. The summed E-state index contributed by atoms with van der Waals surface area (Å²) >= 11 is 5.91. The summed E-state index contributed by atoms with van der Waals surface area (Å²) < 4.78 is 40.2. The number of carbonyl (C=O) groups excluding carboxylic acids is 2. The van der Waals surface area contributed by atoms with E-state index in [2.05, 4.69) is 5.32 Å². The molecule has 0 radical (unpaired) electrons. The van der Waals surface area contributed by atoms with E-state index in [0.29, 0.717) is 6.42 Å². The Morgan fingerprint density at radius 3 is 2.10 bits per heavy atom. The summed E-state index contributed by atoms with van der Waals surface area (Å²) in [5, 5.41) is 2.70. The zero-order valence-corrected chi connectivity index (χ0v) is 23.8. The highest BCUT2D eigenvalue weighted by molar-refractivity contribution is 7.92. The third-order valence-electron chi connectivity index (χ3n) is 6.34. The number of rotatable bonds is 12. The molecule has 0 bridgehead atoms. The summed E-state index contributed by atoms with van der Waals surface area (Å²) in [4.78, 5) is 29.0. The van der Waals surface area contributed by atoms with Crippen LogP contribution in [0.5, 0.6) is 0 Å². The number of anilines is 1. The van der Waals surface area contributed by atoms with Crippen molar-refractivity contribution in [3.8, 4) is 0 Å². The Labute approximate surface area is 234 Å². The number of benzene rings is 3. The maximum atomic E-state index is 14.0. The first-order valence-electron chi connectivity index (χ1n) is 12.6. The van der Waals surface area contributed by atoms with Crippen LogP contribution >= 0.6 is 11.6 Å². The maximum absolute atomic E-state index is 14.0. The largest absolute Gasteiger partial charge is 0.352 e. The van der Waals surface area contributed by atoms with E-state index in [1.54, 1.807) is 0 Å². The Kier molecular flexibility index (Phi) is 10.5. The number of hydrogen-bond acceptors (Lipinski definition) is 4. The zero-order valence-electron chi connectivity index (χ0n) is 22.2. The minimum atomic E-state index is -3.97. The number of sulfonamides is 1. The second-order valence-electron chi connectivity index (χ2n) is 9.40. The van der Waals surface area contributed by atoms with Crippen LogP contribution in [0, 0.1) is 5.82 Å². The topological polar surface area (TPSA) is 86.8 Å². The van der Waals surface area contributed by atoms with Crippen LogP contribution in [-0.4, -0.2) is 50.0 Å². The molecule has 0 aromatic heterocycles. The number of halogens is 2. The molecule has 0 saturated heterocycles. The number of amides is 2. The monoisotopic (exact) mass is 573 g/mol. The fraction of sp³-hybridized carbons (Fsp3) is 0.310. The molecule has 7 nitrogen and oxygen atoms in total. The molecule has 3 aromatic carbocycles. The van der Waals surface area contributed by atoms with E-state index in [9.17, 15) is 22.4 Å². The average Bonchev–Trinajstić information content (AvgIpc) is 2.91. The van der Waals surface area contributed by atoms with Crippen LogP contribution in [0.2, 0.25) is 5.02 Å². The highest BCUT2D eigenvalue weighted by Crippen LogP contribution is 2.25. The molecule has 0 spiro atoms. The molecular formula is C29H33ClFN3O4S. The molecule has 3 aromatic rings. The second kappa shape index (κ2) is 13.6. The number of nitrogens with one attached hydrogen (secondary N) is 1. The van der Waals surface area contributed by atoms with Crippen LogP contribution in [-0.2, 0) is 32.6 Å². The van der Waals surface area contributed by atoms with E-state index in [1.165, 1.54) is 11.0 Å². The third-order valence-corrected chi connectivity index (χ3v) is 7.77. The molecule has 0 aliphatic carbocycles. The number of hydrogen-bond donors (Lipinski definition) is 1. The molecule has 0 fully saturated rings. The lowest BCUT2D eigenvalue weighted by Gasteiger charge is -2.34. The van der Waals surface area contributed by atoms with Gasteiger partial charge in [-0.15, -0.1) is 0 Å². The summed E-state index contributed by atoms with van der Waals surface area (Å²) in [6.07, 6.45) is 1.88. The van der Waals surface area contributed by atoms with Gasteiger partial charge in [-0.05, 0) is 42.7 Å². The fourth-order valence-corrected chi connectivity index (χ4v) is 5.05. The van der Waals surface area contributed by atoms with Crippen molar-refractivity contribution < 1.29 is 22.4 Å². The average molecular weight is 574 g/mol. The second-order valence-corrected chi connectivity index (χ2v) is 11.7. The van der Waals surface area contributed by atoms with Gasteiger partial charge in [0.2, 0.25) is 21.8 Å². The summed E-state index contributed by atoms with van der Waals surface area (Å²) in [5.74, 6) is -1.64. The molecule has 0 heterocycles. The van der Waals surface area contributed by atoms with Gasteiger partial charge in [0, 0.05) is 19.0 Å². The highest BCUT2D eigenvalue weighted by atomic mass is 35.5. The number of carbonyl (C=O) groups is 2. The maximum Gasteiger partial charge on any atom is 0.244 e. The minimum Gasteiger partial charge on any atom is -0.352 e. The van der Waals surface area contributed by atoms with Crippen molar-refractivity contribution >= 4 is 39.1 Å². The van der Waals surface area contributed by atoms with Crippen molar-refractivity contribution in [3.63, 3.8) is 0 Å². The van der Waals surface area contributed by atoms with E-state index in [1.807, 2.05) is 74.5 Å². The SMILES string of the molecule is CC[C@H](C)NC(=O)[C@H](Cc1ccccc1)N(Cc1ccccc1)C(=O)CN(c1ccc(F)c(Cl)c1)S(C)(=O)=O. The molecule has 0 aliphatic heterocycles. The van der Waals surface area contributed by atoms with Gasteiger partial charge in [-0.2, -0.15) is 0 Å². The molecular weight excluding hydrogens is 541 g/mol. The van der Waals surface area contributed by atoms with Crippen molar-refractivity contribution in [1.29, 1.82) is 0 Å². The van der Waals surface area contributed by atoms with Crippen molar-refractivity contribution in [3.05, 3.63) is 101 Å². The van der Waals surface area contributed by atoms with E-state index >= 15 is 0 Å². The van der Waals surface area contributed by atoms with Gasteiger partial charge in [0.15, 0.2) is 0 Å². The standard InChI is InChI=1S/C29H33ClFN3O4S/c1-4-21(2)32-29(36)27(17-22-11-7-5-8-12-22)33(19-23-13-9-6-10-14-23)28(35)20-34(39(3,37)38)24-15-16-26(31)25(30)18-24/h5-16,18,21,27H,4,17,19-20H2,1-3H3,(H,32,36)/t21-,27-/m0/s1. The van der Waals surface area contributed by atoms with Crippen LogP contribution in [0.3, 0.4) is 0 Å². The van der Waals surface area contributed by atoms with E-state index < -0.39 is 34.3 Å². The zero-order chi connectivity index (χ0) is 28.6. The van der Waals surface area contributed by atoms with Crippen LogP contribution in [0.25, 0.3) is 0 Å². The van der Waals surface area contributed by atoms with Crippen molar-refractivity contribution in [2.45, 2.75) is 45.3 Å². The van der Waals surface area contributed by atoms with Gasteiger partial charge in [-0.25, -0.2) is 12.8 Å². The highest BCUT2D eigenvalue weighted by Gasteiger charge is 2.33. The lowest BCUT2D eigenvalue weighted by atomic mass is 10.0. The smallest absolute Gasteiger partial charge is 0.244 e. The fourth-order valence-electron chi connectivity index (χ4n) is 4.03. The lowest BCUT2D eigenvalue weighted by molar-refractivity contribution is -0.140. The van der Waals surface area contributed by atoms with Gasteiger partial charge < -0.3 is 10.2 Å². The third kappa shape index (κ3) is 8.53. The molecule has 2 atom stereocenters. The Hall–Kier alpha value is -3.43. The quantitative estimate of drug-likeness (QED) is 0.337. The molecule has 0 unspecified atom stereocenters. The van der Waals surface area contributed by atoms with Gasteiger partial charge >= 0.3 is 0 Å². The first-order valence-corrected chi connectivity index (χ1v) is 14.8. The Bertz CT molecular complexity index is 1370. The molecule has 10 heteroatoms. The summed E-state index contributed by atoms with van der Waals surface area (Å²) in [5.41, 5.74) is 1.66. The first-order chi connectivity index (χ1) is 18.5. The van der Waals surface area contributed by atoms with Crippen molar-refractivity contribution in [2.75, 3.05) is 17.1 Å². The van der Waals surface area contributed by atoms with Gasteiger partial charge in [-0.1, -0.05) is 79.2 Å². The predicted molar refractivity (Wildman–Crippen MR) is 152 cm³/mol. The summed E-state index contributed by atoms with van der Waals surface area (Å²) in [6, 6.07) is 20.9. The Balaban J connectivity index is 2.05. The normalized spacial score (nSPS) is 12.8. The van der Waals surface area contributed by atoms with Gasteiger partial charge in [0.25, 0.3) is 0 Å². The van der Waals surface area contributed by atoms with Crippen LogP contribution in [0.15, 0.2) is 78.9 Å².